The highest BCUT2D eigenvalue weighted by atomic mass is 31.2. The Balaban J connectivity index is 1.73. The van der Waals surface area contributed by atoms with Crippen LogP contribution in [0.1, 0.15) is 19.1 Å². The zero-order valence-electron chi connectivity index (χ0n) is 15.8. The third-order valence-corrected chi connectivity index (χ3v) is 5.66. The van der Waals surface area contributed by atoms with E-state index in [-0.39, 0.29) is 17.6 Å². The lowest BCUT2D eigenvalue weighted by atomic mass is 9.97. The summed E-state index contributed by atoms with van der Waals surface area (Å²) in [7, 11) is -3.03. The first-order valence-corrected chi connectivity index (χ1v) is 10.5. The van der Waals surface area contributed by atoms with Crippen molar-refractivity contribution in [3.05, 3.63) is 6.33 Å². The third kappa shape index (κ3) is 3.51. The fraction of sp³-hybridized carbons (Fsp3) is 0.562. The van der Waals surface area contributed by atoms with Gasteiger partial charge in [-0.2, -0.15) is 9.97 Å². The Kier molecular flexibility index (Phi) is 4.97. The number of hydrogen-bond donors (Lipinski definition) is 4. The summed E-state index contributed by atoms with van der Waals surface area (Å²) in [5.41, 5.74) is 3.56. The van der Waals surface area contributed by atoms with Gasteiger partial charge >= 0.3 is 7.82 Å². The van der Waals surface area contributed by atoms with Crippen molar-refractivity contribution in [1.29, 1.82) is 0 Å². The summed E-state index contributed by atoms with van der Waals surface area (Å²) in [4.78, 5) is 32.3. The molecule has 12 nitrogen and oxygen atoms in total. The maximum atomic E-state index is 15.6. The molecule has 162 valence electrons. The highest BCUT2D eigenvalue weighted by Gasteiger charge is 2.58. The fourth-order valence-corrected chi connectivity index (χ4v) is 3.79. The van der Waals surface area contributed by atoms with Crippen LogP contribution in [0.3, 0.4) is 0 Å². The summed E-state index contributed by atoms with van der Waals surface area (Å²) in [6.45, 7) is -0.783. The number of fused-ring (bicyclic) bond motifs is 1. The molecule has 0 aromatic carbocycles. The Morgan fingerprint density at radius 3 is 2.83 bits per heavy atom. The first kappa shape index (κ1) is 20.9. The Morgan fingerprint density at radius 1 is 1.53 bits per heavy atom. The average molecular weight is 442 g/mol. The number of alkyl halides is 1. The molecule has 0 radical (unpaired) electrons. The number of phosphoric acid groups is 1. The number of aliphatic hydroxyl groups excluding tert-OH is 1. The predicted octanol–water partition coefficient (Wildman–Crippen LogP) is -0.284. The quantitative estimate of drug-likeness (QED) is 0.343. The molecular weight excluding hydrogens is 422 g/mol. The lowest BCUT2D eigenvalue weighted by Gasteiger charge is -2.24. The van der Waals surface area contributed by atoms with Crippen LogP contribution in [0.4, 0.5) is 16.2 Å². The molecule has 3 heterocycles. The molecular formula is C16H20FN6O6P. The van der Waals surface area contributed by atoms with Crippen LogP contribution in [0, 0.1) is 12.3 Å². The lowest BCUT2D eigenvalue weighted by Crippen LogP contribution is -2.42. The van der Waals surface area contributed by atoms with Gasteiger partial charge in [0.05, 0.1) is 12.9 Å². The number of terminal acetylenes is 1. The molecule has 0 bridgehead atoms. The standard InChI is InChI=1S/C16H20FN6O6P/c1-3-16(17)11(24)9(6-28-30(25,26)27)29-14(16)23-7-19-10-12(22(2)8-4-5-8)20-15(18)21-13(10)23/h1,7-9,11,14,24H,4-6H2,2H3,(H2,18,20,21)(H2,25,26,27)/t9-,11-,14-,16-/m1/s1. The zero-order valence-corrected chi connectivity index (χ0v) is 16.7. The van der Waals surface area contributed by atoms with E-state index < -0.39 is 38.5 Å². The van der Waals surface area contributed by atoms with Gasteiger partial charge in [-0.25, -0.2) is 13.9 Å². The molecule has 0 spiro atoms. The van der Waals surface area contributed by atoms with Gasteiger partial charge in [0.1, 0.15) is 12.2 Å². The predicted molar refractivity (Wildman–Crippen MR) is 102 cm³/mol. The third-order valence-electron chi connectivity index (χ3n) is 5.18. The summed E-state index contributed by atoms with van der Waals surface area (Å²) in [6.07, 6.45) is 3.59. The summed E-state index contributed by atoms with van der Waals surface area (Å²) in [5, 5.41) is 10.3. The van der Waals surface area contributed by atoms with Crippen LogP contribution in [0.15, 0.2) is 6.33 Å². The van der Waals surface area contributed by atoms with E-state index in [0.717, 1.165) is 12.8 Å². The van der Waals surface area contributed by atoms with E-state index in [1.165, 1.54) is 10.9 Å². The van der Waals surface area contributed by atoms with Crippen molar-refractivity contribution >= 4 is 30.8 Å². The van der Waals surface area contributed by atoms with Crippen molar-refractivity contribution in [3.8, 4) is 12.3 Å². The van der Waals surface area contributed by atoms with Crippen LogP contribution in [-0.2, 0) is 13.8 Å². The number of rotatable bonds is 6. The first-order valence-electron chi connectivity index (χ1n) is 8.98. The fourth-order valence-electron chi connectivity index (χ4n) is 3.45. The van der Waals surface area contributed by atoms with E-state index in [0.29, 0.717) is 11.3 Å². The Hall–Kier alpha value is -2.33. The van der Waals surface area contributed by atoms with Gasteiger partial charge in [-0.05, 0) is 12.8 Å². The minimum Gasteiger partial charge on any atom is -0.386 e. The van der Waals surface area contributed by atoms with Crippen LogP contribution >= 0.6 is 7.82 Å². The Bertz CT molecular complexity index is 1070. The van der Waals surface area contributed by atoms with Gasteiger partial charge < -0.3 is 30.3 Å². The number of imidazole rings is 1. The second kappa shape index (κ2) is 7.12. The van der Waals surface area contributed by atoms with Crippen molar-refractivity contribution in [3.63, 3.8) is 0 Å². The average Bonchev–Trinajstić information content (AvgIpc) is 3.40. The van der Waals surface area contributed by atoms with Gasteiger partial charge in [-0.15, -0.1) is 6.42 Å². The number of phosphoric ester groups is 1. The highest BCUT2D eigenvalue weighted by molar-refractivity contribution is 7.46. The molecule has 1 aliphatic carbocycles. The number of ether oxygens (including phenoxy) is 1. The largest absolute Gasteiger partial charge is 0.469 e. The number of hydrogen-bond acceptors (Lipinski definition) is 9. The van der Waals surface area contributed by atoms with E-state index >= 15 is 4.39 Å². The second-order valence-electron chi connectivity index (χ2n) is 7.24. The number of aromatic nitrogens is 4. The molecule has 0 unspecified atom stereocenters. The van der Waals surface area contributed by atoms with Gasteiger partial charge in [-0.1, -0.05) is 5.92 Å². The van der Waals surface area contributed by atoms with E-state index in [1.807, 2.05) is 17.9 Å². The van der Waals surface area contributed by atoms with E-state index in [9.17, 15) is 9.67 Å². The van der Waals surface area contributed by atoms with E-state index in [4.69, 9.17) is 26.7 Å². The van der Waals surface area contributed by atoms with Crippen molar-refractivity contribution < 1.29 is 33.1 Å². The van der Waals surface area contributed by atoms with Gasteiger partial charge in [0, 0.05) is 13.1 Å². The van der Waals surface area contributed by atoms with Crippen LogP contribution in [0.2, 0.25) is 0 Å². The molecule has 2 fully saturated rings. The van der Waals surface area contributed by atoms with Gasteiger partial charge in [-0.3, -0.25) is 9.09 Å². The maximum absolute atomic E-state index is 15.6. The van der Waals surface area contributed by atoms with Crippen molar-refractivity contribution in [2.75, 3.05) is 24.3 Å². The van der Waals surface area contributed by atoms with Gasteiger partial charge in [0.2, 0.25) is 11.6 Å². The molecule has 2 aliphatic rings. The molecule has 0 amide bonds. The highest BCUT2D eigenvalue weighted by Crippen LogP contribution is 2.45. The molecule has 30 heavy (non-hydrogen) atoms. The molecule has 2 aromatic rings. The Morgan fingerprint density at radius 2 is 2.23 bits per heavy atom. The van der Waals surface area contributed by atoms with Crippen LogP contribution < -0.4 is 10.6 Å². The lowest BCUT2D eigenvalue weighted by molar-refractivity contribution is -0.0496. The molecule has 4 atom stereocenters. The van der Waals surface area contributed by atoms with Crippen molar-refractivity contribution in [1.82, 2.24) is 19.5 Å². The number of nitrogens with two attached hydrogens (primary N) is 1. The number of aliphatic hydroxyl groups is 1. The normalized spacial score (nSPS) is 29.3. The monoisotopic (exact) mass is 442 g/mol. The minimum atomic E-state index is -4.87. The SMILES string of the molecule is C#C[C@@]1(F)[C@H](O)[C@@H](COP(=O)(O)O)O[C@H]1n1cnc2c(N(C)C3CC3)nc(N)nc21. The van der Waals surface area contributed by atoms with Gasteiger partial charge in [0.25, 0.3) is 0 Å². The Labute approximate surface area is 170 Å². The van der Waals surface area contributed by atoms with Crippen molar-refractivity contribution in [2.24, 2.45) is 0 Å². The smallest absolute Gasteiger partial charge is 0.386 e. The maximum Gasteiger partial charge on any atom is 0.469 e. The van der Waals surface area contributed by atoms with Crippen molar-refractivity contribution in [2.45, 2.75) is 43.0 Å². The number of halogens is 1. The molecule has 1 saturated heterocycles. The van der Waals surface area contributed by atoms with Gasteiger partial charge in [0.15, 0.2) is 23.2 Å². The summed E-state index contributed by atoms with van der Waals surface area (Å²) in [5.74, 6) is 2.27. The summed E-state index contributed by atoms with van der Waals surface area (Å²) in [6, 6.07) is 0.289. The zero-order chi connectivity index (χ0) is 21.8. The molecule has 2 aromatic heterocycles. The number of anilines is 2. The molecule has 1 aliphatic heterocycles. The topological polar surface area (TPSA) is 169 Å². The van der Waals surface area contributed by atoms with Crippen LogP contribution in [0.5, 0.6) is 0 Å². The summed E-state index contributed by atoms with van der Waals surface area (Å²) < 4.78 is 37.5. The van der Waals surface area contributed by atoms with Crippen LogP contribution in [0.25, 0.3) is 11.2 Å². The summed E-state index contributed by atoms with van der Waals surface area (Å²) >= 11 is 0. The van der Waals surface area contributed by atoms with E-state index in [2.05, 4.69) is 19.5 Å². The van der Waals surface area contributed by atoms with E-state index in [1.54, 1.807) is 0 Å². The molecule has 4 rings (SSSR count). The molecule has 5 N–H and O–H groups in total. The number of nitrogens with zero attached hydrogens (tertiary/aromatic N) is 5. The first-order chi connectivity index (χ1) is 14.0. The molecule has 1 saturated carbocycles. The molecule has 14 heteroatoms. The number of nitrogen functional groups attached to an aromatic ring is 1. The second-order valence-corrected chi connectivity index (χ2v) is 8.48. The minimum absolute atomic E-state index is 0.0724. The van der Waals surface area contributed by atoms with Crippen LogP contribution in [-0.4, -0.2) is 72.0 Å².